The number of rotatable bonds is 2. The van der Waals surface area contributed by atoms with Crippen LogP contribution in [-0.4, -0.2) is 20.2 Å². The van der Waals surface area contributed by atoms with Crippen molar-refractivity contribution >= 4 is 33.4 Å². The normalized spacial score (nSPS) is 11.1. The molecule has 0 atom stereocenters. The summed E-state index contributed by atoms with van der Waals surface area (Å²) in [5, 5.41) is 12.3. The Morgan fingerprint density at radius 2 is 2.00 bits per heavy atom. The van der Waals surface area contributed by atoms with Gasteiger partial charge in [0.2, 0.25) is 5.95 Å². The lowest BCUT2D eigenvalue weighted by Crippen LogP contribution is -1.97. The summed E-state index contributed by atoms with van der Waals surface area (Å²) in [6.45, 7) is 2.05. The number of H-pyrrole nitrogens is 1. The van der Waals surface area contributed by atoms with E-state index in [2.05, 4.69) is 38.5 Å². The van der Waals surface area contributed by atoms with Crippen LogP contribution < -0.4 is 5.32 Å². The molecule has 21 heavy (non-hydrogen) atoms. The van der Waals surface area contributed by atoms with Crippen molar-refractivity contribution in [3.63, 3.8) is 0 Å². The SMILES string of the molecule is Cc1cccc2cnc(Nc3ccc4cn[nH]c4c3)nc12. The van der Waals surface area contributed by atoms with Gasteiger partial charge in [0.15, 0.2) is 0 Å². The minimum atomic E-state index is 0.593. The van der Waals surface area contributed by atoms with Crippen molar-refractivity contribution in [2.75, 3.05) is 5.32 Å². The summed E-state index contributed by atoms with van der Waals surface area (Å²) in [5.74, 6) is 0.593. The number of benzene rings is 2. The van der Waals surface area contributed by atoms with Crippen molar-refractivity contribution in [2.24, 2.45) is 0 Å². The second-order valence-electron chi connectivity index (χ2n) is 5.00. The van der Waals surface area contributed by atoms with Crippen LogP contribution in [0.3, 0.4) is 0 Å². The number of hydrogen-bond acceptors (Lipinski definition) is 4. The van der Waals surface area contributed by atoms with Crippen molar-refractivity contribution in [1.82, 2.24) is 20.2 Å². The van der Waals surface area contributed by atoms with Crippen LogP contribution in [0.2, 0.25) is 0 Å². The number of fused-ring (bicyclic) bond motifs is 2. The lowest BCUT2D eigenvalue weighted by atomic mass is 10.1. The molecule has 0 aliphatic heterocycles. The van der Waals surface area contributed by atoms with Crippen LogP contribution >= 0.6 is 0 Å². The minimum absolute atomic E-state index is 0.593. The predicted molar refractivity (Wildman–Crippen MR) is 83.7 cm³/mol. The molecule has 0 unspecified atom stereocenters. The fourth-order valence-electron chi connectivity index (χ4n) is 2.41. The molecular weight excluding hydrogens is 262 g/mol. The third-order valence-corrected chi connectivity index (χ3v) is 3.51. The molecule has 102 valence electrons. The topological polar surface area (TPSA) is 66.5 Å². The van der Waals surface area contributed by atoms with Crippen molar-refractivity contribution in [3.05, 3.63) is 54.4 Å². The molecule has 0 fully saturated rings. The summed E-state index contributed by atoms with van der Waals surface area (Å²) in [5.41, 5.74) is 4.02. The zero-order chi connectivity index (χ0) is 14.2. The van der Waals surface area contributed by atoms with Crippen molar-refractivity contribution < 1.29 is 0 Å². The van der Waals surface area contributed by atoms with Crippen LogP contribution in [0.25, 0.3) is 21.8 Å². The summed E-state index contributed by atoms with van der Waals surface area (Å²) < 4.78 is 0. The molecule has 2 aromatic heterocycles. The molecule has 2 aromatic carbocycles. The minimum Gasteiger partial charge on any atom is -0.324 e. The number of hydrogen-bond donors (Lipinski definition) is 2. The number of nitrogens with one attached hydrogen (secondary N) is 2. The maximum Gasteiger partial charge on any atom is 0.227 e. The lowest BCUT2D eigenvalue weighted by molar-refractivity contribution is 1.12. The second-order valence-corrected chi connectivity index (χ2v) is 5.00. The van der Waals surface area contributed by atoms with Crippen LogP contribution in [0.5, 0.6) is 0 Å². The van der Waals surface area contributed by atoms with Gasteiger partial charge >= 0.3 is 0 Å². The third kappa shape index (κ3) is 2.08. The fourth-order valence-corrected chi connectivity index (χ4v) is 2.41. The number of nitrogens with zero attached hydrogens (tertiary/aromatic N) is 3. The average molecular weight is 275 g/mol. The number of para-hydroxylation sites is 1. The Balaban J connectivity index is 1.74. The molecule has 2 N–H and O–H groups in total. The van der Waals surface area contributed by atoms with E-state index in [0.29, 0.717) is 5.95 Å². The summed E-state index contributed by atoms with van der Waals surface area (Å²) in [7, 11) is 0. The molecule has 4 aromatic rings. The molecule has 2 heterocycles. The van der Waals surface area contributed by atoms with Gasteiger partial charge in [-0.2, -0.15) is 5.10 Å². The van der Waals surface area contributed by atoms with E-state index in [0.717, 1.165) is 33.1 Å². The predicted octanol–water partition coefficient (Wildman–Crippen LogP) is 3.56. The zero-order valence-electron chi connectivity index (χ0n) is 11.5. The van der Waals surface area contributed by atoms with Gasteiger partial charge in [0.1, 0.15) is 0 Å². The number of aromatic nitrogens is 4. The first-order valence-electron chi connectivity index (χ1n) is 6.72. The van der Waals surface area contributed by atoms with E-state index in [9.17, 15) is 0 Å². The average Bonchev–Trinajstić information content (AvgIpc) is 2.96. The molecule has 0 radical (unpaired) electrons. The summed E-state index contributed by atoms with van der Waals surface area (Å²) >= 11 is 0. The van der Waals surface area contributed by atoms with Crippen molar-refractivity contribution in [1.29, 1.82) is 0 Å². The van der Waals surface area contributed by atoms with Gasteiger partial charge in [-0.05, 0) is 30.7 Å². The Morgan fingerprint density at radius 1 is 1.05 bits per heavy atom. The first-order valence-corrected chi connectivity index (χ1v) is 6.72. The Kier molecular flexibility index (Phi) is 2.57. The summed E-state index contributed by atoms with van der Waals surface area (Å²) in [6, 6.07) is 12.1. The lowest BCUT2D eigenvalue weighted by Gasteiger charge is -2.07. The quantitative estimate of drug-likeness (QED) is 0.587. The highest BCUT2D eigenvalue weighted by Crippen LogP contribution is 2.21. The molecular formula is C16H13N5. The van der Waals surface area contributed by atoms with E-state index in [4.69, 9.17) is 0 Å². The van der Waals surface area contributed by atoms with E-state index >= 15 is 0 Å². The number of anilines is 2. The molecule has 0 saturated heterocycles. The standard InChI is InChI=1S/C16H13N5/c1-10-3-2-4-12-8-17-16(20-15(10)12)19-13-6-5-11-9-18-21-14(11)7-13/h2-9H,1H3,(H,18,21)(H,17,19,20). The molecule has 0 spiro atoms. The van der Waals surface area contributed by atoms with Crippen LogP contribution in [0.4, 0.5) is 11.6 Å². The summed E-state index contributed by atoms with van der Waals surface area (Å²) in [6.07, 6.45) is 3.64. The molecule has 5 nitrogen and oxygen atoms in total. The van der Waals surface area contributed by atoms with Crippen LogP contribution in [0, 0.1) is 6.92 Å². The van der Waals surface area contributed by atoms with E-state index in [-0.39, 0.29) is 0 Å². The van der Waals surface area contributed by atoms with Gasteiger partial charge in [-0.25, -0.2) is 9.97 Å². The highest BCUT2D eigenvalue weighted by atomic mass is 15.1. The first kappa shape index (κ1) is 11.8. The molecule has 0 aliphatic carbocycles. The second kappa shape index (κ2) is 4.56. The van der Waals surface area contributed by atoms with Crippen LogP contribution in [0.15, 0.2) is 48.8 Å². The number of aryl methyl sites for hydroxylation is 1. The van der Waals surface area contributed by atoms with Crippen molar-refractivity contribution in [2.45, 2.75) is 6.92 Å². The Bertz CT molecular complexity index is 942. The molecule has 4 rings (SSSR count). The van der Waals surface area contributed by atoms with Gasteiger partial charge in [-0.1, -0.05) is 18.2 Å². The maximum absolute atomic E-state index is 4.59. The molecule has 0 bridgehead atoms. The monoisotopic (exact) mass is 275 g/mol. The highest BCUT2D eigenvalue weighted by Gasteiger charge is 2.04. The van der Waals surface area contributed by atoms with Gasteiger partial charge in [-0.3, -0.25) is 5.10 Å². The van der Waals surface area contributed by atoms with Crippen LogP contribution in [0.1, 0.15) is 5.56 Å². The molecule has 0 saturated carbocycles. The first-order chi connectivity index (χ1) is 10.3. The third-order valence-electron chi connectivity index (χ3n) is 3.51. The van der Waals surface area contributed by atoms with Gasteiger partial charge < -0.3 is 5.32 Å². The molecule has 5 heteroatoms. The van der Waals surface area contributed by atoms with Gasteiger partial charge in [0.05, 0.1) is 17.2 Å². The Hall–Kier alpha value is -2.95. The fraction of sp³-hybridized carbons (Fsp3) is 0.0625. The van der Waals surface area contributed by atoms with E-state index < -0.39 is 0 Å². The number of aromatic amines is 1. The van der Waals surface area contributed by atoms with Gasteiger partial charge in [0, 0.05) is 22.7 Å². The largest absolute Gasteiger partial charge is 0.324 e. The van der Waals surface area contributed by atoms with Gasteiger partial charge in [0.25, 0.3) is 0 Å². The smallest absolute Gasteiger partial charge is 0.227 e. The zero-order valence-corrected chi connectivity index (χ0v) is 11.5. The van der Waals surface area contributed by atoms with E-state index in [1.165, 1.54) is 0 Å². The maximum atomic E-state index is 4.59. The van der Waals surface area contributed by atoms with E-state index in [1.807, 2.05) is 36.5 Å². The van der Waals surface area contributed by atoms with Crippen LogP contribution in [-0.2, 0) is 0 Å². The van der Waals surface area contributed by atoms with Gasteiger partial charge in [-0.15, -0.1) is 0 Å². The molecule has 0 amide bonds. The Labute approximate surface area is 121 Å². The Morgan fingerprint density at radius 3 is 2.95 bits per heavy atom. The van der Waals surface area contributed by atoms with Crippen molar-refractivity contribution in [3.8, 4) is 0 Å². The molecule has 0 aliphatic rings. The highest BCUT2D eigenvalue weighted by molar-refractivity contribution is 5.84. The van der Waals surface area contributed by atoms with E-state index in [1.54, 1.807) is 6.20 Å². The summed E-state index contributed by atoms with van der Waals surface area (Å²) in [4.78, 5) is 8.95.